The smallest absolute Gasteiger partial charge is 0.306 e. The Morgan fingerprint density at radius 3 is 0.775 bits per heavy atom. The van der Waals surface area contributed by atoms with Crippen molar-refractivity contribution in [2.75, 3.05) is 13.2 Å². The third-order valence-corrected chi connectivity index (χ3v) is 15.1. The molecule has 0 N–H and O–H groups in total. The second-order valence-corrected chi connectivity index (χ2v) is 23.1. The van der Waals surface area contributed by atoms with Gasteiger partial charge in [0.1, 0.15) is 13.2 Å². The van der Waals surface area contributed by atoms with E-state index in [1.807, 2.05) is 0 Å². The molecular formula is C74H130O6. The summed E-state index contributed by atoms with van der Waals surface area (Å²) in [4.78, 5) is 38.4. The van der Waals surface area contributed by atoms with E-state index in [4.69, 9.17) is 14.2 Å². The number of rotatable bonds is 63. The topological polar surface area (TPSA) is 78.9 Å². The van der Waals surface area contributed by atoms with Crippen LogP contribution in [0.3, 0.4) is 0 Å². The van der Waals surface area contributed by atoms with E-state index in [-0.39, 0.29) is 31.1 Å². The molecular weight excluding hydrogens is 985 g/mol. The van der Waals surface area contributed by atoms with Gasteiger partial charge in [-0.3, -0.25) is 14.4 Å². The second-order valence-electron chi connectivity index (χ2n) is 23.1. The summed E-state index contributed by atoms with van der Waals surface area (Å²) in [6, 6.07) is 0. The molecule has 0 radical (unpaired) electrons. The van der Waals surface area contributed by atoms with Crippen LogP contribution in [0.2, 0.25) is 0 Å². The largest absolute Gasteiger partial charge is 0.462 e. The van der Waals surface area contributed by atoms with E-state index in [1.165, 1.54) is 199 Å². The Labute approximate surface area is 496 Å². The quantitative estimate of drug-likeness (QED) is 0.0261. The molecule has 0 aliphatic rings. The highest BCUT2D eigenvalue weighted by Crippen LogP contribution is 2.17. The fraction of sp³-hybridized carbons (Fsp3) is 0.770. The van der Waals surface area contributed by atoms with E-state index < -0.39 is 6.10 Å². The molecule has 0 bridgehead atoms. The molecule has 0 aliphatic carbocycles. The first-order chi connectivity index (χ1) is 39.5. The normalized spacial score (nSPS) is 12.6. The van der Waals surface area contributed by atoms with Gasteiger partial charge in [0.25, 0.3) is 0 Å². The highest BCUT2D eigenvalue weighted by Gasteiger charge is 2.19. The standard InChI is InChI=1S/C74H130O6/c1-4-7-10-13-16-19-22-25-28-30-32-34-35-36-37-38-39-41-42-44-46-49-52-55-58-61-64-67-73(76)79-70-71(69-78-72(75)66-63-60-57-54-51-48-27-24-21-18-15-12-9-6-3)80-74(77)68-65-62-59-56-53-50-47-45-43-40-33-31-29-26-23-20-17-14-11-8-5-2/h7,10,16,19,24-25,27-28,32,34,36-37,39,41,71H,4-6,8-9,11-15,17-18,20-23,26,29-31,33,35,38,40,42-70H2,1-3H3/b10-7-,19-16-,27-24-,28-25-,34-32-,37-36-,41-39-. The lowest BCUT2D eigenvalue weighted by molar-refractivity contribution is -0.167. The Kier molecular flexibility index (Phi) is 65.2. The number of allylic oxidation sites excluding steroid dienone is 14. The van der Waals surface area contributed by atoms with Gasteiger partial charge in [-0.05, 0) is 96.3 Å². The van der Waals surface area contributed by atoms with Crippen LogP contribution in [0, 0.1) is 0 Å². The van der Waals surface area contributed by atoms with Crippen LogP contribution in [0.25, 0.3) is 0 Å². The summed E-state index contributed by atoms with van der Waals surface area (Å²) in [6.07, 6.45) is 90.3. The molecule has 0 aromatic rings. The number of ether oxygens (including phenoxy) is 3. The van der Waals surface area contributed by atoms with Gasteiger partial charge < -0.3 is 14.2 Å². The lowest BCUT2D eigenvalue weighted by Gasteiger charge is -2.18. The van der Waals surface area contributed by atoms with Crippen molar-refractivity contribution in [1.29, 1.82) is 0 Å². The van der Waals surface area contributed by atoms with Gasteiger partial charge in [-0.2, -0.15) is 0 Å². The van der Waals surface area contributed by atoms with Crippen molar-refractivity contribution in [3.8, 4) is 0 Å². The average Bonchev–Trinajstić information content (AvgIpc) is 3.46. The summed E-state index contributed by atoms with van der Waals surface area (Å²) < 4.78 is 17.0. The molecule has 6 heteroatoms. The van der Waals surface area contributed by atoms with Crippen LogP contribution in [-0.2, 0) is 28.6 Å². The molecule has 0 saturated heterocycles. The molecule has 80 heavy (non-hydrogen) atoms. The Bertz CT molecular complexity index is 1520. The first-order valence-electron chi connectivity index (χ1n) is 34.6. The van der Waals surface area contributed by atoms with Gasteiger partial charge >= 0.3 is 17.9 Å². The van der Waals surface area contributed by atoms with Crippen molar-refractivity contribution in [1.82, 2.24) is 0 Å². The van der Waals surface area contributed by atoms with Crippen LogP contribution in [0.15, 0.2) is 85.1 Å². The zero-order valence-corrected chi connectivity index (χ0v) is 53.1. The lowest BCUT2D eigenvalue weighted by atomic mass is 10.0. The molecule has 0 saturated carbocycles. The molecule has 1 unspecified atom stereocenters. The van der Waals surface area contributed by atoms with E-state index in [0.29, 0.717) is 19.3 Å². The van der Waals surface area contributed by atoms with Crippen molar-refractivity contribution in [3.05, 3.63) is 85.1 Å². The van der Waals surface area contributed by atoms with Crippen LogP contribution in [0.4, 0.5) is 0 Å². The molecule has 6 nitrogen and oxygen atoms in total. The third kappa shape index (κ3) is 65.4. The van der Waals surface area contributed by atoms with Gasteiger partial charge in [-0.25, -0.2) is 0 Å². The number of esters is 3. The Hall–Kier alpha value is -3.41. The number of hydrogen-bond acceptors (Lipinski definition) is 6. The fourth-order valence-corrected chi connectivity index (χ4v) is 9.97. The minimum absolute atomic E-state index is 0.0799. The molecule has 0 aromatic carbocycles. The zero-order chi connectivity index (χ0) is 57.8. The highest BCUT2D eigenvalue weighted by atomic mass is 16.6. The highest BCUT2D eigenvalue weighted by molar-refractivity contribution is 5.71. The summed E-state index contributed by atoms with van der Waals surface area (Å²) in [5.74, 6) is -0.877. The van der Waals surface area contributed by atoms with Crippen LogP contribution < -0.4 is 0 Å². The SMILES string of the molecule is CC/C=C\C/C=C\C/C=C\C/C=C\C/C=C\C/C=C\CCCCCCCCCCC(=O)OCC(COC(=O)CCCCCCC/C=C\CCCCCCC)OC(=O)CCCCCCCCCCCCCCCCCCCCCCC. The molecule has 0 rings (SSSR count). The maximum atomic E-state index is 12.9. The lowest BCUT2D eigenvalue weighted by Crippen LogP contribution is -2.30. The molecule has 0 fully saturated rings. The van der Waals surface area contributed by atoms with Crippen LogP contribution in [0.1, 0.15) is 348 Å². The molecule has 462 valence electrons. The first-order valence-corrected chi connectivity index (χ1v) is 34.6. The minimum atomic E-state index is -0.783. The van der Waals surface area contributed by atoms with Crippen molar-refractivity contribution in [2.24, 2.45) is 0 Å². The van der Waals surface area contributed by atoms with Crippen LogP contribution in [0.5, 0.6) is 0 Å². The van der Waals surface area contributed by atoms with E-state index >= 15 is 0 Å². The van der Waals surface area contributed by atoms with Gasteiger partial charge in [0.15, 0.2) is 6.10 Å². The average molecular weight is 1120 g/mol. The molecule has 0 aromatic heterocycles. The number of carbonyl (C=O) groups excluding carboxylic acids is 3. The van der Waals surface area contributed by atoms with Crippen molar-refractivity contribution in [3.63, 3.8) is 0 Å². The summed E-state index contributed by atoms with van der Waals surface area (Å²) in [6.45, 7) is 6.55. The fourth-order valence-electron chi connectivity index (χ4n) is 9.97. The van der Waals surface area contributed by atoms with Gasteiger partial charge in [-0.15, -0.1) is 0 Å². The third-order valence-electron chi connectivity index (χ3n) is 15.1. The van der Waals surface area contributed by atoms with E-state index in [9.17, 15) is 14.4 Å². The molecule has 0 amide bonds. The number of carbonyl (C=O) groups is 3. The van der Waals surface area contributed by atoms with Crippen molar-refractivity contribution < 1.29 is 28.6 Å². The molecule has 0 spiro atoms. The van der Waals surface area contributed by atoms with Gasteiger partial charge in [0.05, 0.1) is 0 Å². The maximum Gasteiger partial charge on any atom is 0.306 e. The van der Waals surface area contributed by atoms with Crippen LogP contribution in [-0.4, -0.2) is 37.2 Å². The van der Waals surface area contributed by atoms with E-state index in [0.717, 1.165) is 109 Å². The van der Waals surface area contributed by atoms with Crippen molar-refractivity contribution in [2.45, 2.75) is 354 Å². The Morgan fingerprint density at radius 2 is 0.487 bits per heavy atom. The monoisotopic (exact) mass is 1110 g/mol. The molecule has 1 atom stereocenters. The summed E-state index contributed by atoms with van der Waals surface area (Å²) in [5, 5.41) is 0. The first kappa shape index (κ1) is 76.6. The van der Waals surface area contributed by atoms with Gasteiger partial charge in [0, 0.05) is 19.3 Å². The Morgan fingerprint density at radius 1 is 0.263 bits per heavy atom. The number of unbranched alkanes of at least 4 members (excludes halogenated alkanes) is 38. The second kappa shape index (κ2) is 68.1. The minimum Gasteiger partial charge on any atom is -0.462 e. The van der Waals surface area contributed by atoms with Crippen molar-refractivity contribution >= 4 is 17.9 Å². The predicted octanol–water partition coefficient (Wildman–Crippen LogP) is 23.8. The molecule has 0 aliphatic heterocycles. The van der Waals surface area contributed by atoms with E-state index in [1.54, 1.807) is 0 Å². The zero-order valence-electron chi connectivity index (χ0n) is 53.1. The summed E-state index contributed by atoms with van der Waals surface area (Å²) in [5.41, 5.74) is 0. The maximum absolute atomic E-state index is 12.9. The number of hydrogen-bond donors (Lipinski definition) is 0. The van der Waals surface area contributed by atoms with Crippen LogP contribution >= 0.6 is 0 Å². The van der Waals surface area contributed by atoms with Gasteiger partial charge in [-0.1, -0.05) is 318 Å². The van der Waals surface area contributed by atoms with E-state index in [2.05, 4.69) is 106 Å². The molecule has 0 heterocycles. The summed E-state index contributed by atoms with van der Waals surface area (Å²) in [7, 11) is 0. The predicted molar refractivity (Wildman–Crippen MR) is 348 cm³/mol. The summed E-state index contributed by atoms with van der Waals surface area (Å²) >= 11 is 0. The Balaban J connectivity index is 4.32. The van der Waals surface area contributed by atoms with Gasteiger partial charge in [0.2, 0.25) is 0 Å².